The summed E-state index contributed by atoms with van der Waals surface area (Å²) in [4.78, 5) is 26.9. The molecule has 192 valence electrons. The number of amides is 2. The minimum atomic E-state index is -4.48. The number of nitrogens with one attached hydrogen (secondary N) is 3. The molecule has 2 aromatic rings. The van der Waals surface area contributed by atoms with Gasteiger partial charge in [0.15, 0.2) is 0 Å². The molecule has 0 saturated heterocycles. The van der Waals surface area contributed by atoms with Crippen LogP contribution in [0, 0.1) is 0 Å². The van der Waals surface area contributed by atoms with E-state index >= 15 is 0 Å². The smallest absolute Gasteiger partial charge is 0.425 e. The number of anilines is 1. The van der Waals surface area contributed by atoms with Gasteiger partial charge in [-0.05, 0) is 76.1 Å². The van der Waals surface area contributed by atoms with E-state index in [9.17, 15) is 22.8 Å². The van der Waals surface area contributed by atoms with E-state index in [4.69, 9.17) is 4.74 Å². The lowest BCUT2D eigenvalue weighted by molar-refractivity contribution is -0.135. The van der Waals surface area contributed by atoms with Crippen LogP contribution < -0.4 is 16.0 Å². The molecular formula is C24H30F3N3O3S2. The van der Waals surface area contributed by atoms with E-state index in [1.807, 2.05) is 0 Å². The van der Waals surface area contributed by atoms with Crippen molar-refractivity contribution in [1.29, 1.82) is 0 Å². The number of hydrogen-bond donors (Lipinski definition) is 3. The second-order valence-electron chi connectivity index (χ2n) is 9.81. The van der Waals surface area contributed by atoms with Crippen LogP contribution in [0.3, 0.4) is 0 Å². The van der Waals surface area contributed by atoms with Crippen LogP contribution in [0.1, 0.15) is 81.7 Å². The highest BCUT2D eigenvalue weighted by atomic mass is 32.1. The quantitative estimate of drug-likeness (QED) is 0.334. The molecule has 6 nitrogen and oxygen atoms in total. The van der Waals surface area contributed by atoms with Crippen LogP contribution in [-0.2, 0) is 43.3 Å². The fourth-order valence-corrected chi connectivity index (χ4v) is 6.98. The summed E-state index contributed by atoms with van der Waals surface area (Å²) in [6, 6.07) is -0.645. The zero-order valence-corrected chi connectivity index (χ0v) is 21.7. The number of urea groups is 1. The Morgan fingerprint density at radius 1 is 1.00 bits per heavy atom. The first-order valence-electron chi connectivity index (χ1n) is 11.8. The molecule has 0 radical (unpaired) electrons. The summed E-state index contributed by atoms with van der Waals surface area (Å²) in [5.74, 6) is -0.494. The summed E-state index contributed by atoms with van der Waals surface area (Å²) in [5.41, 5.74) is 1.38. The maximum atomic E-state index is 13.7. The van der Waals surface area contributed by atoms with Gasteiger partial charge in [0.25, 0.3) is 0 Å². The van der Waals surface area contributed by atoms with E-state index in [2.05, 4.69) is 16.0 Å². The fourth-order valence-electron chi connectivity index (χ4n) is 4.51. The van der Waals surface area contributed by atoms with Gasteiger partial charge in [-0.15, -0.1) is 22.7 Å². The molecule has 0 fully saturated rings. The van der Waals surface area contributed by atoms with Gasteiger partial charge in [0.1, 0.15) is 15.5 Å². The van der Waals surface area contributed by atoms with Gasteiger partial charge in [-0.3, -0.25) is 5.32 Å². The van der Waals surface area contributed by atoms with E-state index in [0.717, 1.165) is 53.9 Å². The predicted octanol–water partition coefficient (Wildman–Crippen LogP) is 6.02. The highest BCUT2D eigenvalue weighted by molar-refractivity contribution is 7.17. The van der Waals surface area contributed by atoms with E-state index in [1.54, 1.807) is 20.8 Å². The number of aryl methyl sites for hydroxylation is 1. The molecule has 0 unspecified atom stereocenters. The number of carbonyl (C=O) groups is 2. The Labute approximate surface area is 210 Å². The predicted molar refractivity (Wildman–Crippen MR) is 131 cm³/mol. The lowest BCUT2D eigenvalue weighted by Crippen LogP contribution is -2.31. The summed E-state index contributed by atoms with van der Waals surface area (Å²) < 4.78 is 46.6. The molecule has 3 N–H and O–H groups in total. The van der Waals surface area contributed by atoms with Gasteiger partial charge in [0.2, 0.25) is 0 Å². The standard InChI is InChI=1S/C24H30F3N3O3S2/c1-23(2,3)33-21(31)18-14-7-5-4-6-8-16(14)35-20(18)30-22(32)29-11-15-13-9-10-28-12-17(13)34-19(15)24(25,26)27/h28H,4-12H2,1-3H3,(H2,29,30,32). The van der Waals surface area contributed by atoms with Crippen LogP contribution in [0.4, 0.5) is 23.0 Å². The zero-order chi connectivity index (χ0) is 25.4. The van der Waals surface area contributed by atoms with E-state index < -0.39 is 28.7 Å². The highest BCUT2D eigenvalue weighted by Gasteiger charge is 2.38. The van der Waals surface area contributed by atoms with Gasteiger partial charge in [0, 0.05) is 22.8 Å². The SMILES string of the molecule is CC(C)(C)OC(=O)c1c(NC(=O)NCc2c(C(F)(F)F)sc3c2CCNC3)sc2c1CCCCC2. The Kier molecular flexibility index (Phi) is 7.49. The summed E-state index contributed by atoms with van der Waals surface area (Å²) in [6.45, 7) is 6.11. The Bertz CT molecular complexity index is 1120. The van der Waals surface area contributed by atoms with Gasteiger partial charge in [-0.25, -0.2) is 9.59 Å². The lowest BCUT2D eigenvalue weighted by Gasteiger charge is -2.20. The van der Waals surface area contributed by atoms with Gasteiger partial charge in [0.05, 0.1) is 5.56 Å². The molecule has 11 heteroatoms. The Balaban J connectivity index is 1.55. The molecule has 2 amide bonds. The molecule has 0 aromatic carbocycles. The third kappa shape index (κ3) is 6.00. The molecule has 2 aliphatic rings. The normalized spacial score (nSPS) is 16.2. The maximum absolute atomic E-state index is 13.7. The van der Waals surface area contributed by atoms with Gasteiger partial charge < -0.3 is 15.4 Å². The molecule has 0 spiro atoms. The Morgan fingerprint density at radius 2 is 1.74 bits per heavy atom. The molecule has 35 heavy (non-hydrogen) atoms. The molecular weight excluding hydrogens is 499 g/mol. The maximum Gasteiger partial charge on any atom is 0.425 e. The number of thiophene rings is 2. The zero-order valence-electron chi connectivity index (χ0n) is 20.0. The van der Waals surface area contributed by atoms with Crippen molar-refractivity contribution in [2.24, 2.45) is 0 Å². The van der Waals surface area contributed by atoms with E-state index in [-0.39, 0.29) is 12.1 Å². The van der Waals surface area contributed by atoms with Gasteiger partial charge in [-0.2, -0.15) is 13.2 Å². The lowest BCUT2D eigenvalue weighted by atomic mass is 10.0. The minimum absolute atomic E-state index is 0.128. The second kappa shape index (κ2) is 10.1. The number of rotatable bonds is 4. The molecule has 0 bridgehead atoms. The third-order valence-electron chi connectivity index (χ3n) is 5.97. The van der Waals surface area contributed by atoms with Crippen molar-refractivity contribution in [2.75, 3.05) is 11.9 Å². The van der Waals surface area contributed by atoms with Gasteiger partial charge in [-0.1, -0.05) is 6.42 Å². The van der Waals surface area contributed by atoms with Crippen molar-refractivity contribution in [3.8, 4) is 0 Å². The average Bonchev–Trinajstić information content (AvgIpc) is 3.21. The number of esters is 1. The molecule has 3 heterocycles. The summed E-state index contributed by atoms with van der Waals surface area (Å²) in [7, 11) is 0. The summed E-state index contributed by atoms with van der Waals surface area (Å²) in [6.07, 6.45) is 0.581. The van der Waals surface area contributed by atoms with Crippen molar-refractivity contribution in [3.63, 3.8) is 0 Å². The first-order valence-corrected chi connectivity index (χ1v) is 13.4. The topological polar surface area (TPSA) is 79.5 Å². The number of hydrogen-bond acceptors (Lipinski definition) is 6. The fraction of sp³-hybridized carbons (Fsp3) is 0.583. The number of carbonyl (C=O) groups excluding carboxylic acids is 2. The Hall–Kier alpha value is -2.11. The van der Waals surface area contributed by atoms with Crippen LogP contribution >= 0.6 is 22.7 Å². The molecule has 1 aliphatic heterocycles. The van der Waals surface area contributed by atoms with Crippen molar-refractivity contribution in [3.05, 3.63) is 36.9 Å². The molecule has 1 aliphatic carbocycles. The van der Waals surface area contributed by atoms with Crippen LogP contribution in [-0.4, -0.2) is 24.1 Å². The molecule has 2 aromatic heterocycles. The van der Waals surface area contributed by atoms with Gasteiger partial charge >= 0.3 is 18.2 Å². The number of fused-ring (bicyclic) bond motifs is 2. The average molecular weight is 530 g/mol. The van der Waals surface area contributed by atoms with Crippen LogP contribution in [0.5, 0.6) is 0 Å². The van der Waals surface area contributed by atoms with Crippen molar-refractivity contribution >= 4 is 39.7 Å². The van der Waals surface area contributed by atoms with Crippen LogP contribution in [0.15, 0.2) is 0 Å². The van der Waals surface area contributed by atoms with E-state index in [0.29, 0.717) is 40.5 Å². The highest BCUT2D eigenvalue weighted by Crippen LogP contribution is 2.42. The summed E-state index contributed by atoms with van der Waals surface area (Å²) in [5, 5.41) is 8.80. The first-order chi connectivity index (χ1) is 16.4. The monoisotopic (exact) mass is 529 g/mol. The molecule has 4 rings (SSSR count). The molecule has 0 atom stereocenters. The molecule has 0 saturated carbocycles. The number of alkyl halides is 3. The minimum Gasteiger partial charge on any atom is -0.456 e. The Morgan fingerprint density at radius 3 is 2.46 bits per heavy atom. The number of halogens is 3. The third-order valence-corrected chi connectivity index (χ3v) is 8.50. The van der Waals surface area contributed by atoms with Crippen molar-refractivity contribution < 1.29 is 27.5 Å². The van der Waals surface area contributed by atoms with Crippen molar-refractivity contribution in [2.45, 2.75) is 84.2 Å². The first kappa shape index (κ1) is 26.0. The second-order valence-corrected chi connectivity index (χ2v) is 12.0. The summed E-state index contributed by atoms with van der Waals surface area (Å²) >= 11 is 2.09. The number of ether oxygens (including phenoxy) is 1. The van der Waals surface area contributed by atoms with E-state index in [1.165, 1.54) is 11.3 Å². The van der Waals surface area contributed by atoms with Crippen LogP contribution in [0.25, 0.3) is 0 Å². The van der Waals surface area contributed by atoms with Crippen LogP contribution in [0.2, 0.25) is 0 Å². The van der Waals surface area contributed by atoms with Crippen molar-refractivity contribution in [1.82, 2.24) is 10.6 Å². The largest absolute Gasteiger partial charge is 0.456 e.